The molecule has 8 nitrogen and oxygen atoms in total. The highest BCUT2D eigenvalue weighted by Gasteiger charge is 2.17. The van der Waals surface area contributed by atoms with E-state index in [1.54, 1.807) is 4.68 Å². The molecule has 0 bridgehead atoms. The molecule has 0 saturated carbocycles. The van der Waals surface area contributed by atoms with Gasteiger partial charge in [0.15, 0.2) is 0 Å². The number of carbonyl (C=O) groups excluding carboxylic acids is 1. The molecule has 24 heavy (non-hydrogen) atoms. The summed E-state index contributed by atoms with van der Waals surface area (Å²) >= 11 is 0. The largest absolute Gasteiger partial charge is 0.319 e. The van der Waals surface area contributed by atoms with Gasteiger partial charge in [-0.1, -0.05) is 0 Å². The Morgan fingerprint density at radius 3 is 2.75 bits per heavy atom. The number of H-pyrrole nitrogens is 1. The summed E-state index contributed by atoms with van der Waals surface area (Å²) in [4.78, 5) is 14.5. The van der Waals surface area contributed by atoms with Crippen molar-refractivity contribution in [3.05, 3.63) is 35.4 Å². The van der Waals surface area contributed by atoms with E-state index in [-0.39, 0.29) is 5.69 Å². The van der Waals surface area contributed by atoms with E-state index in [1.807, 2.05) is 25.9 Å². The van der Waals surface area contributed by atoms with E-state index in [9.17, 15) is 9.18 Å². The molecule has 2 heterocycles. The van der Waals surface area contributed by atoms with Gasteiger partial charge >= 0.3 is 0 Å². The third-order valence-electron chi connectivity index (χ3n) is 3.76. The molecule has 126 valence electrons. The molecule has 3 rings (SSSR count). The molecule has 2 N–H and O–H groups in total. The number of aromatic nitrogens is 5. The highest BCUT2D eigenvalue weighted by Crippen LogP contribution is 2.21. The summed E-state index contributed by atoms with van der Waals surface area (Å²) in [7, 11) is 3.94. The third-order valence-corrected chi connectivity index (χ3v) is 3.76. The molecule has 1 amide bonds. The van der Waals surface area contributed by atoms with Gasteiger partial charge in [-0.05, 0) is 27.1 Å². The second-order valence-electron chi connectivity index (χ2n) is 5.77. The van der Waals surface area contributed by atoms with Crippen LogP contribution in [0, 0.1) is 12.7 Å². The Morgan fingerprint density at radius 1 is 1.33 bits per heavy atom. The van der Waals surface area contributed by atoms with Crippen molar-refractivity contribution in [3.63, 3.8) is 0 Å². The molecule has 0 aliphatic carbocycles. The predicted molar refractivity (Wildman–Crippen MR) is 87.3 cm³/mol. The van der Waals surface area contributed by atoms with Crippen LogP contribution in [0.5, 0.6) is 0 Å². The first-order chi connectivity index (χ1) is 11.5. The van der Waals surface area contributed by atoms with E-state index >= 15 is 0 Å². The first kappa shape index (κ1) is 16.1. The number of nitrogens with zero attached hydrogens (tertiary/aromatic N) is 5. The molecule has 9 heteroatoms. The van der Waals surface area contributed by atoms with Crippen LogP contribution < -0.4 is 5.32 Å². The average molecular weight is 331 g/mol. The number of amides is 1. The van der Waals surface area contributed by atoms with Crippen LogP contribution in [0.2, 0.25) is 0 Å². The standard InChI is InChI=1S/C15H18FN7O/c1-9-10(8-17-23(9)5-4-22(2)3)15(24)18-12-7-14-13(6-11(12)16)19-21-20-14/h6-8H,4-5H2,1-3H3,(H,18,24)(H,19,20,21). The Labute approximate surface area is 137 Å². The van der Waals surface area contributed by atoms with Gasteiger partial charge in [0, 0.05) is 18.3 Å². The SMILES string of the molecule is Cc1c(C(=O)Nc2cc3n[nH]nc3cc2F)cnn1CCN(C)C. The fourth-order valence-electron chi connectivity index (χ4n) is 2.34. The zero-order chi connectivity index (χ0) is 17.3. The van der Waals surface area contributed by atoms with Gasteiger partial charge < -0.3 is 10.2 Å². The van der Waals surface area contributed by atoms with Crippen molar-refractivity contribution in [1.82, 2.24) is 30.1 Å². The Balaban J connectivity index is 1.80. The van der Waals surface area contributed by atoms with Gasteiger partial charge in [-0.3, -0.25) is 9.48 Å². The second-order valence-corrected chi connectivity index (χ2v) is 5.77. The first-order valence-electron chi connectivity index (χ1n) is 7.44. The van der Waals surface area contributed by atoms with Gasteiger partial charge in [0.05, 0.1) is 24.0 Å². The minimum Gasteiger partial charge on any atom is -0.319 e. The normalized spacial score (nSPS) is 11.4. The van der Waals surface area contributed by atoms with E-state index < -0.39 is 11.7 Å². The molecule has 0 unspecified atom stereocenters. The maximum atomic E-state index is 14.1. The average Bonchev–Trinajstić information content (AvgIpc) is 3.11. The van der Waals surface area contributed by atoms with Crippen LogP contribution in [0.4, 0.5) is 10.1 Å². The number of halogens is 1. The monoisotopic (exact) mass is 331 g/mol. The van der Waals surface area contributed by atoms with Gasteiger partial charge in [-0.15, -0.1) is 0 Å². The van der Waals surface area contributed by atoms with Crippen molar-refractivity contribution in [2.45, 2.75) is 13.5 Å². The van der Waals surface area contributed by atoms with Crippen LogP contribution in [-0.2, 0) is 6.54 Å². The number of benzene rings is 1. The van der Waals surface area contributed by atoms with Crippen LogP contribution in [-0.4, -0.2) is 56.6 Å². The summed E-state index contributed by atoms with van der Waals surface area (Å²) in [6.07, 6.45) is 1.49. The molecular formula is C15H18FN7O. The summed E-state index contributed by atoms with van der Waals surface area (Å²) in [5.74, 6) is -0.979. The number of rotatable bonds is 5. The zero-order valence-corrected chi connectivity index (χ0v) is 13.7. The van der Waals surface area contributed by atoms with Crippen LogP contribution in [0.25, 0.3) is 11.0 Å². The smallest absolute Gasteiger partial charge is 0.259 e. The molecule has 0 atom stereocenters. The van der Waals surface area contributed by atoms with Gasteiger partial charge in [0.25, 0.3) is 5.91 Å². The van der Waals surface area contributed by atoms with Crippen LogP contribution in [0.1, 0.15) is 16.1 Å². The number of hydrogen-bond acceptors (Lipinski definition) is 5. The predicted octanol–water partition coefficient (Wildman–Crippen LogP) is 1.42. The highest BCUT2D eigenvalue weighted by atomic mass is 19.1. The molecular weight excluding hydrogens is 313 g/mol. The molecule has 1 aromatic carbocycles. The molecule has 0 spiro atoms. The van der Waals surface area contributed by atoms with E-state index in [4.69, 9.17) is 0 Å². The van der Waals surface area contributed by atoms with Gasteiger partial charge in [0.2, 0.25) is 0 Å². The quantitative estimate of drug-likeness (QED) is 0.738. The fourth-order valence-corrected chi connectivity index (χ4v) is 2.34. The summed E-state index contributed by atoms with van der Waals surface area (Å²) in [5, 5.41) is 16.9. The lowest BCUT2D eigenvalue weighted by atomic mass is 10.2. The molecule has 2 aromatic heterocycles. The lowest BCUT2D eigenvalue weighted by molar-refractivity contribution is 0.102. The highest BCUT2D eigenvalue weighted by molar-refractivity contribution is 6.05. The summed E-state index contributed by atoms with van der Waals surface area (Å²) in [6.45, 7) is 3.29. The van der Waals surface area contributed by atoms with Crippen molar-refractivity contribution in [2.75, 3.05) is 26.0 Å². The van der Waals surface area contributed by atoms with E-state index in [1.165, 1.54) is 18.3 Å². The van der Waals surface area contributed by atoms with E-state index in [0.717, 1.165) is 12.2 Å². The van der Waals surface area contributed by atoms with Gasteiger partial charge in [-0.2, -0.15) is 20.5 Å². The molecule has 0 aliphatic heterocycles. The van der Waals surface area contributed by atoms with Crippen molar-refractivity contribution >= 4 is 22.6 Å². The third kappa shape index (κ3) is 3.11. The second kappa shape index (κ2) is 6.36. The summed E-state index contributed by atoms with van der Waals surface area (Å²) < 4.78 is 15.8. The number of aromatic amines is 1. The van der Waals surface area contributed by atoms with E-state index in [2.05, 4.69) is 25.8 Å². The lowest BCUT2D eigenvalue weighted by Crippen LogP contribution is -2.20. The zero-order valence-electron chi connectivity index (χ0n) is 13.7. The number of fused-ring (bicyclic) bond motifs is 1. The van der Waals surface area contributed by atoms with Crippen molar-refractivity contribution in [3.8, 4) is 0 Å². The lowest BCUT2D eigenvalue weighted by Gasteiger charge is -2.11. The van der Waals surface area contributed by atoms with Crippen molar-refractivity contribution in [2.24, 2.45) is 0 Å². The molecule has 0 saturated heterocycles. The Morgan fingerprint density at radius 2 is 2.04 bits per heavy atom. The topological polar surface area (TPSA) is 91.7 Å². The molecule has 0 fully saturated rings. The maximum Gasteiger partial charge on any atom is 0.259 e. The fraction of sp³-hybridized carbons (Fsp3) is 0.333. The molecule has 3 aromatic rings. The Kier molecular flexibility index (Phi) is 4.26. The Hall–Kier alpha value is -2.81. The van der Waals surface area contributed by atoms with Crippen LogP contribution >= 0.6 is 0 Å². The minimum atomic E-state index is -0.567. The van der Waals surface area contributed by atoms with Gasteiger partial charge in [0.1, 0.15) is 16.9 Å². The van der Waals surface area contributed by atoms with Crippen molar-refractivity contribution in [1.29, 1.82) is 0 Å². The minimum absolute atomic E-state index is 0.0573. The number of nitrogens with one attached hydrogen (secondary N) is 2. The first-order valence-corrected chi connectivity index (χ1v) is 7.44. The number of hydrogen-bond donors (Lipinski definition) is 2. The van der Waals surface area contributed by atoms with Crippen LogP contribution in [0.15, 0.2) is 18.3 Å². The molecule has 0 aliphatic rings. The van der Waals surface area contributed by atoms with Crippen LogP contribution in [0.3, 0.4) is 0 Å². The number of likely N-dealkylation sites (N-methyl/N-ethyl adjacent to an activating group) is 1. The summed E-state index contributed by atoms with van der Waals surface area (Å²) in [6, 6.07) is 2.67. The summed E-state index contributed by atoms with van der Waals surface area (Å²) in [5.41, 5.74) is 2.08. The van der Waals surface area contributed by atoms with Crippen molar-refractivity contribution < 1.29 is 9.18 Å². The van der Waals surface area contributed by atoms with Gasteiger partial charge in [-0.25, -0.2) is 4.39 Å². The Bertz CT molecular complexity index is 883. The number of anilines is 1. The maximum absolute atomic E-state index is 14.1. The molecule has 0 radical (unpaired) electrons. The number of carbonyl (C=O) groups is 1. The van der Waals surface area contributed by atoms with E-state index in [0.29, 0.717) is 23.1 Å².